The Bertz CT molecular complexity index is 1620. The van der Waals surface area contributed by atoms with E-state index in [-0.39, 0.29) is 23.8 Å². The number of nitrogens with two attached hydrogens (primary N) is 1. The predicted octanol–water partition coefficient (Wildman–Crippen LogP) is 4.91. The van der Waals surface area contributed by atoms with E-state index in [1.807, 2.05) is 45.0 Å². The number of nitrogens with zero attached hydrogens (tertiary/aromatic N) is 4. The highest BCUT2D eigenvalue weighted by atomic mass is 16.5. The predicted molar refractivity (Wildman–Crippen MR) is 165 cm³/mol. The van der Waals surface area contributed by atoms with Gasteiger partial charge >= 0.3 is 5.97 Å². The molecule has 9 heteroatoms. The number of fused-ring (bicyclic) bond motifs is 2. The van der Waals surface area contributed by atoms with Crippen molar-refractivity contribution in [2.24, 2.45) is 11.7 Å². The standard InChI is InChI=1S/C32H39N7O2/c1-20(32(40)41-4)18-39(24-13-15-37(16-14-24)21(2)33)25-10-12-29-30(17-25)38(22(3)36-29)19-23-9-11-28(31(34)35)27-8-6-5-7-26(23)27/h5-12,17,20,24,33H,13-16,18-19H2,1-4H3,(H3,34,35). The Morgan fingerprint density at radius 2 is 1.83 bits per heavy atom. The van der Waals surface area contributed by atoms with Crippen molar-refractivity contribution in [3.05, 3.63) is 71.5 Å². The third kappa shape index (κ3) is 5.62. The summed E-state index contributed by atoms with van der Waals surface area (Å²) in [7, 11) is 1.44. The zero-order chi connectivity index (χ0) is 29.3. The third-order valence-corrected chi connectivity index (χ3v) is 8.34. The summed E-state index contributed by atoms with van der Waals surface area (Å²) in [5, 5.41) is 18.1. The van der Waals surface area contributed by atoms with Crippen molar-refractivity contribution in [2.45, 2.75) is 46.2 Å². The molecule has 4 aromatic rings. The molecule has 0 radical (unpaired) electrons. The summed E-state index contributed by atoms with van der Waals surface area (Å²) < 4.78 is 7.30. The molecule has 3 aromatic carbocycles. The van der Waals surface area contributed by atoms with E-state index in [4.69, 9.17) is 26.3 Å². The van der Waals surface area contributed by atoms with Crippen molar-refractivity contribution >= 4 is 45.1 Å². The summed E-state index contributed by atoms with van der Waals surface area (Å²) >= 11 is 0. The van der Waals surface area contributed by atoms with Crippen molar-refractivity contribution < 1.29 is 9.53 Å². The lowest BCUT2D eigenvalue weighted by molar-refractivity contribution is -0.144. The lowest BCUT2D eigenvalue weighted by Crippen LogP contribution is -2.48. The first kappa shape index (κ1) is 28.1. The van der Waals surface area contributed by atoms with Crippen LogP contribution in [0.4, 0.5) is 5.69 Å². The summed E-state index contributed by atoms with van der Waals surface area (Å²) in [5.41, 5.74) is 10.7. The summed E-state index contributed by atoms with van der Waals surface area (Å²) in [6.07, 6.45) is 1.82. The smallest absolute Gasteiger partial charge is 0.310 e. The maximum absolute atomic E-state index is 12.4. The van der Waals surface area contributed by atoms with Gasteiger partial charge in [0, 0.05) is 43.5 Å². The number of aryl methyl sites for hydroxylation is 1. The Hall–Kier alpha value is -4.40. The second kappa shape index (κ2) is 11.6. The molecule has 1 atom stereocenters. The highest BCUT2D eigenvalue weighted by molar-refractivity contribution is 6.08. The second-order valence-electron chi connectivity index (χ2n) is 11.0. The van der Waals surface area contributed by atoms with Crippen LogP contribution in [0.15, 0.2) is 54.6 Å². The maximum atomic E-state index is 12.4. The molecule has 41 heavy (non-hydrogen) atoms. The summed E-state index contributed by atoms with van der Waals surface area (Å²) in [6, 6.07) is 18.7. The van der Waals surface area contributed by atoms with Crippen molar-refractivity contribution in [3.8, 4) is 0 Å². The Morgan fingerprint density at radius 1 is 1.12 bits per heavy atom. The number of aromatic nitrogens is 2. The number of anilines is 1. The minimum absolute atomic E-state index is 0.0598. The lowest BCUT2D eigenvalue weighted by Gasteiger charge is -2.41. The van der Waals surface area contributed by atoms with Gasteiger partial charge in [0.05, 0.1) is 29.9 Å². The number of hydrogen-bond acceptors (Lipinski definition) is 6. The van der Waals surface area contributed by atoms with Gasteiger partial charge in [0.2, 0.25) is 0 Å². The Labute approximate surface area is 240 Å². The van der Waals surface area contributed by atoms with Crippen LogP contribution in [-0.4, -0.2) is 64.9 Å². The van der Waals surface area contributed by atoms with Gasteiger partial charge in [-0.25, -0.2) is 4.98 Å². The number of piperidine rings is 1. The number of amidine groups is 2. The number of methoxy groups -OCH3 is 1. The molecule has 0 bridgehead atoms. The first-order valence-corrected chi connectivity index (χ1v) is 14.1. The molecule has 1 unspecified atom stereocenters. The number of nitrogens with one attached hydrogen (secondary N) is 2. The van der Waals surface area contributed by atoms with Crippen molar-refractivity contribution in [1.82, 2.24) is 14.5 Å². The molecule has 214 valence electrons. The number of likely N-dealkylation sites (tertiary alicyclic amines) is 1. The van der Waals surface area contributed by atoms with Crippen LogP contribution in [0, 0.1) is 23.7 Å². The monoisotopic (exact) mass is 553 g/mol. The number of nitrogen functional groups attached to an aromatic ring is 1. The van der Waals surface area contributed by atoms with Gasteiger partial charge in [-0.05, 0) is 61.2 Å². The highest BCUT2D eigenvalue weighted by Crippen LogP contribution is 2.31. The molecule has 9 nitrogen and oxygen atoms in total. The van der Waals surface area contributed by atoms with Gasteiger partial charge in [-0.3, -0.25) is 15.6 Å². The number of hydrogen-bond donors (Lipinski definition) is 3. The number of imidazole rings is 1. The van der Waals surface area contributed by atoms with Crippen molar-refractivity contribution in [3.63, 3.8) is 0 Å². The van der Waals surface area contributed by atoms with Gasteiger partial charge in [0.15, 0.2) is 0 Å². The van der Waals surface area contributed by atoms with Gasteiger partial charge in [-0.15, -0.1) is 0 Å². The SMILES string of the molecule is COC(=O)C(C)CN(c1ccc2nc(C)n(Cc3ccc(C(=N)N)c4ccccc34)c2c1)C1CCN(C(C)=N)CC1. The average Bonchev–Trinajstić information content (AvgIpc) is 3.29. The van der Waals surface area contributed by atoms with E-state index in [2.05, 4.69) is 44.7 Å². The van der Waals surface area contributed by atoms with Gasteiger partial charge < -0.3 is 24.8 Å². The molecule has 2 heterocycles. The molecule has 1 saturated heterocycles. The second-order valence-corrected chi connectivity index (χ2v) is 11.0. The molecule has 0 amide bonds. The maximum Gasteiger partial charge on any atom is 0.310 e. The first-order chi connectivity index (χ1) is 19.7. The molecule has 0 aliphatic carbocycles. The number of rotatable bonds is 8. The fraction of sp³-hybridized carbons (Fsp3) is 0.375. The van der Waals surface area contributed by atoms with Crippen molar-refractivity contribution in [2.75, 3.05) is 31.6 Å². The van der Waals surface area contributed by atoms with Crippen LogP contribution in [0.1, 0.15) is 43.6 Å². The molecule has 0 saturated carbocycles. The van der Waals surface area contributed by atoms with Crippen LogP contribution in [0.5, 0.6) is 0 Å². The molecule has 0 spiro atoms. The van der Waals surface area contributed by atoms with E-state index in [9.17, 15) is 4.79 Å². The van der Waals surface area contributed by atoms with E-state index in [1.54, 1.807) is 0 Å². The average molecular weight is 554 g/mol. The number of ether oxygens (including phenoxy) is 1. The molecule has 4 N–H and O–H groups in total. The fourth-order valence-electron chi connectivity index (χ4n) is 6.06. The molecule has 1 fully saturated rings. The number of benzene rings is 3. The summed E-state index contributed by atoms with van der Waals surface area (Å²) in [6.45, 7) is 8.61. The molecular formula is C32H39N7O2. The highest BCUT2D eigenvalue weighted by Gasteiger charge is 2.29. The molecule has 5 rings (SSSR count). The fourth-order valence-corrected chi connectivity index (χ4v) is 6.06. The normalized spacial score (nSPS) is 14.8. The van der Waals surface area contributed by atoms with Crippen molar-refractivity contribution in [1.29, 1.82) is 10.8 Å². The first-order valence-electron chi connectivity index (χ1n) is 14.1. The Morgan fingerprint density at radius 3 is 2.49 bits per heavy atom. The van der Waals surface area contributed by atoms with E-state index in [0.29, 0.717) is 18.9 Å². The molecule has 1 aromatic heterocycles. The van der Waals surface area contributed by atoms with Crippen LogP contribution in [0.25, 0.3) is 21.8 Å². The third-order valence-electron chi connectivity index (χ3n) is 8.34. The largest absolute Gasteiger partial charge is 0.469 e. The van der Waals surface area contributed by atoms with Gasteiger partial charge in [-0.1, -0.05) is 43.3 Å². The zero-order valence-electron chi connectivity index (χ0n) is 24.3. The van der Waals surface area contributed by atoms with Gasteiger partial charge in [-0.2, -0.15) is 0 Å². The van der Waals surface area contributed by atoms with Gasteiger partial charge in [0.25, 0.3) is 0 Å². The van der Waals surface area contributed by atoms with Crippen LogP contribution in [0.3, 0.4) is 0 Å². The van der Waals surface area contributed by atoms with Crippen LogP contribution >= 0.6 is 0 Å². The van der Waals surface area contributed by atoms with E-state index in [0.717, 1.165) is 70.4 Å². The minimum atomic E-state index is -0.281. The lowest BCUT2D eigenvalue weighted by atomic mass is 9.98. The Kier molecular flexibility index (Phi) is 7.97. The van der Waals surface area contributed by atoms with Gasteiger partial charge in [0.1, 0.15) is 11.7 Å². The van der Waals surface area contributed by atoms with E-state index >= 15 is 0 Å². The molecule has 1 aliphatic rings. The van der Waals surface area contributed by atoms with Crippen LogP contribution in [0.2, 0.25) is 0 Å². The number of carbonyl (C=O) groups excluding carboxylic acids is 1. The molecule has 1 aliphatic heterocycles. The Balaban J connectivity index is 1.53. The van der Waals surface area contributed by atoms with E-state index < -0.39 is 0 Å². The summed E-state index contributed by atoms with van der Waals surface area (Å²) in [5.74, 6) is 1.08. The summed E-state index contributed by atoms with van der Waals surface area (Å²) in [4.78, 5) is 21.8. The molecular weight excluding hydrogens is 514 g/mol. The minimum Gasteiger partial charge on any atom is -0.469 e. The van der Waals surface area contributed by atoms with Crippen LogP contribution in [-0.2, 0) is 16.1 Å². The number of carbonyl (C=O) groups is 1. The van der Waals surface area contributed by atoms with E-state index in [1.165, 1.54) is 7.11 Å². The van der Waals surface area contributed by atoms with Crippen LogP contribution < -0.4 is 10.6 Å². The zero-order valence-corrected chi connectivity index (χ0v) is 24.3. The topological polar surface area (TPSA) is 124 Å². The quantitative estimate of drug-likeness (QED) is 0.162. The number of esters is 1.